The Balaban J connectivity index is 1.22. The lowest BCUT2D eigenvalue weighted by atomic mass is 10.1. The van der Waals surface area contributed by atoms with Gasteiger partial charge in [-0.15, -0.1) is 0 Å². The number of ether oxygens (including phenoxy) is 1. The van der Waals surface area contributed by atoms with Gasteiger partial charge in [0.2, 0.25) is 0 Å². The molecule has 5 rings (SSSR count). The molecule has 0 bridgehead atoms. The van der Waals surface area contributed by atoms with Crippen LogP contribution in [0.2, 0.25) is 15.1 Å². The van der Waals surface area contributed by atoms with Gasteiger partial charge in [0.25, 0.3) is 5.91 Å². The van der Waals surface area contributed by atoms with Crippen molar-refractivity contribution in [2.45, 2.75) is 13.2 Å². The summed E-state index contributed by atoms with van der Waals surface area (Å²) in [5, 5.41) is 10.5. The molecule has 2 heterocycles. The van der Waals surface area contributed by atoms with Crippen molar-refractivity contribution in [2.24, 2.45) is 0 Å². The number of rotatable bonds is 7. The Kier molecular flexibility index (Phi) is 6.68. The molecule has 0 saturated heterocycles. The molecule has 0 unspecified atom stereocenters. The number of carbonyl (C=O) groups excluding carboxylic acids is 1. The highest BCUT2D eigenvalue weighted by Crippen LogP contribution is 2.27. The fraction of sp³-hybridized carbons (Fsp3) is 0.0769. The van der Waals surface area contributed by atoms with Crippen LogP contribution in [0.3, 0.4) is 0 Å². The van der Waals surface area contributed by atoms with E-state index in [1.54, 1.807) is 41.2 Å². The van der Waals surface area contributed by atoms with Crippen LogP contribution in [0.1, 0.15) is 21.9 Å². The minimum atomic E-state index is -0.482. The maximum absolute atomic E-state index is 12.7. The first kappa shape index (κ1) is 23.3. The van der Waals surface area contributed by atoms with Crippen LogP contribution < -0.4 is 10.1 Å². The topological polar surface area (TPSA) is 69.3 Å². The average Bonchev–Trinajstić information content (AvgIpc) is 3.46. The number of aromatic nitrogens is 2. The number of nitrogens with one attached hydrogen (secondary N) is 1. The summed E-state index contributed by atoms with van der Waals surface area (Å²) >= 11 is 18.7. The van der Waals surface area contributed by atoms with Crippen LogP contribution in [0.5, 0.6) is 5.75 Å². The smallest absolute Gasteiger partial charge is 0.292 e. The van der Waals surface area contributed by atoms with Gasteiger partial charge in [-0.25, -0.2) is 0 Å². The quantitative estimate of drug-likeness (QED) is 0.239. The third-order valence-corrected chi connectivity index (χ3v) is 6.30. The van der Waals surface area contributed by atoms with Gasteiger partial charge in [-0.3, -0.25) is 9.48 Å². The van der Waals surface area contributed by atoms with Gasteiger partial charge in [0, 0.05) is 21.8 Å². The van der Waals surface area contributed by atoms with Crippen LogP contribution >= 0.6 is 34.8 Å². The molecule has 0 aliphatic heterocycles. The molecule has 9 heteroatoms. The molecular weight excluding hydrogens is 509 g/mol. The predicted molar refractivity (Wildman–Crippen MR) is 138 cm³/mol. The molecule has 1 N–H and O–H groups in total. The van der Waals surface area contributed by atoms with E-state index in [-0.39, 0.29) is 23.2 Å². The summed E-state index contributed by atoms with van der Waals surface area (Å²) in [6, 6.07) is 22.4. The summed E-state index contributed by atoms with van der Waals surface area (Å²) < 4.78 is 13.0. The van der Waals surface area contributed by atoms with E-state index in [1.807, 2.05) is 42.5 Å². The number of hydrogen-bond donors (Lipinski definition) is 1. The molecule has 0 fully saturated rings. The van der Waals surface area contributed by atoms with Crippen molar-refractivity contribution in [1.82, 2.24) is 9.78 Å². The first-order valence-electron chi connectivity index (χ1n) is 10.6. The molecule has 0 aliphatic rings. The zero-order chi connectivity index (χ0) is 24.4. The summed E-state index contributed by atoms with van der Waals surface area (Å²) in [6.45, 7) is 0.477. The van der Waals surface area contributed by atoms with Crippen molar-refractivity contribution < 1.29 is 13.9 Å². The number of anilines is 1. The number of fused-ring (bicyclic) bond motifs is 1. The second-order valence-corrected chi connectivity index (χ2v) is 8.96. The Hall–Kier alpha value is -3.45. The third kappa shape index (κ3) is 5.30. The third-order valence-electron chi connectivity index (χ3n) is 5.32. The first-order valence-corrected chi connectivity index (χ1v) is 11.8. The molecule has 2 aromatic heterocycles. The minimum absolute atomic E-state index is 0.113. The number of hydrogen-bond acceptors (Lipinski definition) is 4. The van der Waals surface area contributed by atoms with Crippen LogP contribution in [-0.2, 0) is 13.2 Å². The molecule has 0 aliphatic carbocycles. The van der Waals surface area contributed by atoms with Crippen molar-refractivity contribution >= 4 is 57.3 Å². The van der Waals surface area contributed by atoms with Crippen LogP contribution in [0, 0.1) is 0 Å². The van der Waals surface area contributed by atoms with Gasteiger partial charge in [0.05, 0.1) is 6.54 Å². The summed E-state index contributed by atoms with van der Waals surface area (Å²) in [5.74, 6) is 1.05. The number of furan rings is 1. The van der Waals surface area contributed by atoms with E-state index in [0.717, 1.165) is 10.8 Å². The van der Waals surface area contributed by atoms with E-state index in [2.05, 4.69) is 10.4 Å². The standard InChI is InChI=1S/C26H18Cl3N3O3/c27-21-6-3-7-22(28)20(21)13-32-14-23(29)25(31-32)30-26(33)24-11-10-19(35-24)15-34-18-9-8-16-4-1-2-5-17(16)12-18/h1-12,14H,13,15H2,(H,30,31,33). The normalized spacial score (nSPS) is 11.1. The zero-order valence-electron chi connectivity index (χ0n) is 18.2. The molecule has 0 radical (unpaired) electrons. The highest BCUT2D eigenvalue weighted by molar-refractivity contribution is 6.36. The molecular formula is C26H18Cl3N3O3. The lowest BCUT2D eigenvalue weighted by Gasteiger charge is -2.07. The second-order valence-electron chi connectivity index (χ2n) is 7.74. The minimum Gasteiger partial charge on any atom is -0.486 e. The number of benzene rings is 3. The summed E-state index contributed by atoms with van der Waals surface area (Å²) in [5.41, 5.74) is 0.704. The fourth-order valence-corrected chi connectivity index (χ4v) is 4.28. The highest BCUT2D eigenvalue weighted by atomic mass is 35.5. The molecule has 1 amide bonds. The number of halogens is 3. The Labute approximate surface area is 216 Å². The monoisotopic (exact) mass is 525 g/mol. The lowest BCUT2D eigenvalue weighted by Crippen LogP contribution is -2.12. The van der Waals surface area contributed by atoms with Crippen LogP contribution in [0.25, 0.3) is 10.8 Å². The van der Waals surface area contributed by atoms with Crippen molar-refractivity contribution in [2.75, 3.05) is 5.32 Å². The maximum Gasteiger partial charge on any atom is 0.292 e. The van der Waals surface area contributed by atoms with Gasteiger partial charge >= 0.3 is 0 Å². The van der Waals surface area contributed by atoms with Crippen LogP contribution in [0.4, 0.5) is 5.82 Å². The van der Waals surface area contributed by atoms with Crippen molar-refractivity contribution in [3.05, 3.63) is 111 Å². The van der Waals surface area contributed by atoms with E-state index in [4.69, 9.17) is 44.0 Å². The molecule has 3 aromatic carbocycles. The molecule has 0 atom stereocenters. The molecule has 0 saturated carbocycles. The van der Waals surface area contributed by atoms with E-state index in [9.17, 15) is 4.79 Å². The number of nitrogens with zero attached hydrogens (tertiary/aromatic N) is 2. The summed E-state index contributed by atoms with van der Waals surface area (Å²) in [7, 11) is 0. The average molecular weight is 527 g/mol. The Bertz CT molecular complexity index is 1510. The van der Waals surface area contributed by atoms with Crippen molar-refractivity contribution in [1.29, 1.82) is 0 Å². The van der Waals surface area contributed by atoms with Crippen LogP contribution in [0.15, 0.2) is 83.4 Å². The highest BCUT2D eigenvalue weighted by Gasteiger charge is 2.17. The molecule has 35 heavy (non-hydrogen) atoms. The van der Waals surface area contributed by atoms with E-state index in [1.165, 1.54) is 0 Å². The fourth-order valence-electron chi connectivity index (χ4n) is 3.57. The maximum atomic E-state index is 12.7. The number of amides is 1. The van der Waals surface area contributed by atoms with Crippen LogP contribution in [-0.4, -0.2) is 15.7 Å². The van der Waals surface area contributed by atoms with Crippen molar-refractivity contribution in [3.63, 3.8) is 0 Å². The Morgan fingerprint density at radius 2 is 1.69 bits per heavy atom. The Morgan fingerprint density at radius 1 is 0.914 bits per heavy atom. The van der Waals surface area contributed by atoms with Gasteiger partial charge in [0.15, 0.2) is 11.6 Å². The van der Waals surface area contributed by atoms with Crippen molar-refractivity contribution in [3.8, 4) is 5.75 Å². The summed E-state index contributed by atoms with van der Waals surface area (Å²) in [4.78, 5) is 12.7. The molecule has 6 nitrogen and oxygen atoms in total. The molecule has 176 valence electrons. The summed E-state index contributed by atoms with van der Waals surface area (Å²) in [6.07, 6.45) is 1.59. The van der Waals surface area contributed by atoms with Gasteiger partial charge in [-0.05, 0) is 47.2 Å². The first-order chi connectivity index (χ1) is 17.0. The predicted octanol–water partition coefficient (Wildman–Crippen LogP) is 7.47. The van der Waals surface area contributed by atoms with Gasteiger partial charge < -0.3 is 14.5 Å². The SMILES string of the molecule is O=C(Nc1nn(Cc2c(Cl)cccc2Cl)cc1Cl)c1ccc(COc2ccc3ccccc3c2)o1. The molecule has 5 aromatic rings. The van der Waals surface area contributed by atoms with Gasteiger partial charge in [-0.2, -0.15) is 5.10 Å². The molecule has 0 spiro atoms. The lowest BCUT2D eigenvalue weighted by molar-refractivity contribution is 0.0992. The van der Waals surface area contributed by atoms with E-state index in [0.29, 0.717) is 33.7 Å². The zero-order valence-corrected chi connectivity index (χ0v) is 20.4. The largest absolute Gasteiger partial charge is 0.486 e. The van der Waals surface area contributed by atoms with Gasteiger partial charge in [-0.1, -0.05) is 71.2 Å². The Morgan fingerprint density at radius 3 is 2.49 bits per heavy atom. The van der Waals surface area contributed by atoms with E-state index >= 15 is 0 Å². The van der Waals surface area contributed by atoms with E-state index < -0.39 is 5.91 Å². The second kappa shape index (κ2) is 10.0. The number of carbonyl (C=O) groups is 1. The van der Waals surface area contributed by atoms with Gasteiger partial charge in [0.1, 0.15) is 23.1 Å².